The maximum absolute atomic E-state index is 8.69. The lowest BCUT2D eigenvalue weighted by atomic mass is 10.1. The van der Waals surface area contributed by atoms with Crippen LogP contribution in [0.1, 0.15) is 19.4 Å². The molecule has 0 N–H and O–H groups in total. The predicted octanol–water partition coefficient (Wildman–Crippen LogP) is 2.55. The van der Waals surface area contributed by atoms with Crippen LogP contribution in [0.15, 0.2) is 18.2 Å². The first-order chi connectivity index (χ1) is 7.31. The molecule has 0 atom stereocenters. The molecule has 1 rings (SSSR count). The molecule has 0 amide bonds. The Hall–Kier alpha value is -1.69. The van der Waals surface area contributed by atoms with Gasteiger partial charge in [0.25, 0.3) is 0 Å². The van der Waals surface area contributed by atoms with Crippen molar-refractivity contribution in [2.24, 2.45) is 0 Å². The largest absolute Gasteiger partial charge is 0.494 e. The summed E-state index contributed by atoms with van der Waals surface area (Å²) >= 11 is 0. The lowest BCUT2D eigenvalue weighted by Crippen LogP contribution is -1.98. The van der Waals surface area contributed by atoms with Gasteiger partial charge >= 0.3 is 0 Å². The van der Waals surface area contributed by atoms with E-state index < -0.39 is 0 Å². The molecule has 3 heteroatoms. The van der Waals surface area contributed by atoms with E-state index in [1.807, 2.05) is 32.0 Å². The number of benzene rings is 1. The Kier molecular flexibility index (Phi) is 4.49. The second kappa shape index (κ2) is 5.92. The first kappa shape index (κ1) is 11.4. The Morgan fingerprint density at radius 2 is 1.93 bits per heavy atom. The van der Waals surface area contributed by atoms with E-state index in [1.165, 1.54) is 0 Å². The van der Waals surface area contributed by atoms with Crippen molar-refractivity contribution in [2.45, 2.75) is 20.3 Å². The third-order valence-corrected chi connectivity index (χ3v) is 1.91. The normalized spacial score (nSPS) is 9.40. The molecule has 15 heavy (non-hydrogen) atoms. The lowest BCUT2D eigenvalue weighted by Gasteiger charge is -2.10. The molecule has 0 aliphatic heterocycles. The van der Waals surface area contributed by atoms with Crippen molar-refractivity contribution >= 4 is 0 Å². The van der Waals surface area contributed by atoms with Gasteiger partial charge in [-0.2, -0.15) is 5.26 Å². The second-order valence-electron chi connectivity index (χ2n) is 2.97. The Labute approximate surface area is 90.2 Å². The van der Waals surface area contributed by atoms with E-state index in [0.29, 0.717) is 19.6 Å². The Morgan fingerprint density at radius 1 is 1.20 bits per heavy atom. The summed E-state index contributed by atoms with van der Waals surface area (Å²) in [5.41, 5.74) is 0.880. The van der Waals surface area contributed by atoms with Gasteiger partial charge in [0.15, 0.2) is 0 Å². The Morgan fingerprint density at radius 3 is 2.53 bits per heavy atom. The summed E-state index contributed by atoms with van der Waals surface area (Å²) in [6.45, 7) is 5.08. The molecule has 1 aromatic rings. The van der Waals surface area contributed by atoms with Gasteiger partial charge in [0, 0.05) is 5.56 Å². The molecule has 0 unspecified atom stereocenters. The van der Waals surface area contributed by atoms with E-state index >= 15 is 0 Å². The van der Waals surface area contributed by atoms with Gasteiger partial charge in [0.05, 0.1) is 25.7 Å². The first-order valence-corrected chi connectivity index (χ1v) is 5.07. The Balaban J connectivity index is 2.93. The highest BCUT2D eigenvalue weighted by Crippen LogP contribution is 2.24. The van der Waals surface area contributed by atoms with Crippen molar-refractivity contribution in [3.05, 3.63) is 23.8 Å². The summed E-state index contributed by atoms with van der Waals surface area (Å²) in [6.07, 6.45) is 0.343. The summed E-state index contributed by atoms with van der Waals surface area (Å²) in [6, 6.07) is 7.68. The van der Waals surface area contributed by atoms with E-state index in [4.69, 9.17) is 14.7 Å². The first-order valence-electron chi connectivity index (χ1n) is 5.07. The highest BCUT2D eigenvalue weighted by Gasteiger charge is 2.04. The third kappa shape index (κ3) is 3.17. The minimum absolute atomic E-state index is 0.343. The fraction of sp³-hybridized carbons (Fsp3) is 0.417. The summed E-state index contributed by atoms with van der Waals surface area (Å²) in [5.74, 6) is 1.55. The molecular weight excluding hydrogens is 190 g/mol. The molecular formula is C12H15NO2. The van der Waals surface area contributed by atoms with Crippen LogP contribution >= 0.6 is 0 Å². The molecule has 0 radical (unpaired) electrons. The van der Waals surface area contributed by atoms with Gasteiger partial charge in [0.2, 0.25) is 0 Å². The Bertz CT molecular complexity index is 355. The van der Waals surface area contributed by atoms with E-state index in [0.717, 1.165) is 17.1 Å². The van der Waals surface area contributed by atoms with Crippen LogP contribution in [0.4, 0.5) is 0 Å². The van der Waals surface area contributed by atoms with Crippen LogP contribution in [0.5, 0.6) is 11.5 Å². The minimum atomic E-state index is 0.343. The van der Waals surface area contributed by atoms with Crippen LogP contribution in [-0.2, 0) is 6.42 Å². The van der Waals surface area contributed by atoms with Gasteiger partial charge in [-0.1, -0.05) is 0 Å². The fourth-order valence-electron chi connectivity index (χ4n) is 1.33. The monoisotopic (exact) mass is 205 g/mol. The van der Waals surface area contributed by atoms with Crippen LogP contribution < -0.4 is 9.47 Å². The molecule has 0 fully saturated rings. The van der Waals surface area contributed by atoms with E-state index in [-0.39, 0.29) is 0 Å². The SMILES string of the molecule is CCOc1ccc(OCC)c(CC#N)c1. The molecule has 0 spiro atoms. The van der Waals surface area contributed by atoms with Crippen molar-refractivity contribution in [3.63, 3.8) is 0 Å². The number of rotatable bonds is 5. The van der Waals surface area contributed by atoms with Crippen LogP contribution in [-0.4, -0.2) is 13.2 Å². The van der Waals surface area contributed by atoms with Gasteiger partial charge < -0.3 is 9.47 Å². The summed E-state index contributed by atoms with van der Waals surface area (Å²) in [4.78, 5) is 0. The summed E-state index contributed by atoms with van der Waals surface area (Å²) in [7, 11) is 0. The highest BCUT2D eigenvalue weighted by molar-refractivity contribution is 5.41. The molecule has 0 aliphatic rings. The number of nitriles is 1. The van der Waals surface area contributed by atoms with Crippen LogP contribution in [0, 0.1) is 11.3 Å². The molecule has 1 aromatic carbocycles. The van der Waals surface area contributed by atoms with Crippen molar-refractivity contribution in [1.29, 1.82) is 5.26 Å². The average Bonchev–Trinajstić information content (AvgIpc) is 2.23. The van der Waals surface area contributed by atoms with E-state index in [2.05, 4.69) is 6.07 Å². The van der Waals surface area contributed by atoms with E-state index in [1.54, 1.807) is 0 Å². The lowest BCUT2D eigenvalue weighted by molar-refractivity contribution is 0.328. The van der Waals surface area contributed by atoms with Gasteiger partial charge in [-0.25, -0.2) is 0 Å². The average molecular weight is 205 g/mol. The standard InChI is InChI=1S/C12H15NO2/c1-3-14-11-5-6-12(15-4-2)10(9-11)7-8-13/h5-6,9H,3-4,7H2,1-2H3. The molecule has 0 heterocycles. The molecule has 80 valence electrons. The highest BCUT2D eigenvalue weighted by atomic mass is 16.5. The predicted molar refractivity (Wildman–Crippen MR) is 58.1 cm³/mol. The molecule has 0 bridgehead atoms. The summed E-state index contributed by atoms with van der Waals surface area (Å²) < 4.78 is 10.8. The zero-order valence-corrected chi connectivity index (χ0v) is 9.12. The van der Waals surface area contributed by atoms with Crippen LogP contribution in [0.2, 0.25) is 0 Å². The molecule has 0 aromatic heterocycles. The summed E-state index contributed by atoms with van der Waals surface area (Å²) in [5, 5.41) is 8.69. The van der Waals surface area contributed by atoms with Crippen molar-refractivity contribution in [3.8, 4) is 17.6 Å². The minimum Gasteiger partial charge on any atom is -0.494 e. The number of ether oxygens (including phenoxy) is 2. The number of hydrogen-bond acceptors (Lipinski definition) is 3. The fourth-order valence-corrected chi connectivity index (χ4v) is 1.33. The van der Waals surface area contributed by atoms with Crippen LogP contribution in [0.25, 0.3) is 0 Å². The van der Waals surface area contributed by atoms with Gasteiger partial charge in [-0.3, -0.25) is 0 Å². The second-order valence-corrected chi connectivity index (χ2v) is 2.97. The smallest absolute Gasteiger partial charge is 0.123 e. The zero-order valence-electron chi connectivity index (χ0n) is 9.12. The zero-order chi connectivity index (χ0) is 11.1. The third-order valence-electron chi connectivity index (χ3n) is 1.91. The van der Waals surface area contributed by atoms with E-state index in [9.17, 15) is 0 Å². The van der Waals surface area contributed by atoms with Gasteiger partial charge in [-0.05, 0) is 32.0 Å². The van der Waals surface area contributed by atoms with Crippen molar-refractivity contribution in [1.82, 2.24) is 0 Å². The molecule has 0 aliphatic carbocycles. The maximum Gasteiger partial charge on any atom is 0.123 e. The maximum atomic E-state index is 8.69. The molecule has 0 saturated heterocycles. The number of hydrogen-bond donors (Lipinski definition) is 0. The number of nitrogens with zero attached hydrogens (tertiary/aromatic N) is 1. The van der Waals surface area contributed by atoms with Crippen molar-refractivity contribution in [2.75, 3.05) is 13.2 Å². The quantitative estimate of drug-likeness (QED) is 0.741. The topological polar surface area (TPSA) is 42.2 Å². The molecule has 0 saturated carbocycles. The molecule has 3 nitrogen and oxygen atoms in total. The van der Waals surface area contributed by atoms with Crippen molar-refractivity contribution < 1.29 is 9.47 Å². The van der Waals surface area contributed by atoms with Gasteiger partial charge in [0.1, 0.15) is 11.5 Å². The van der Waals surface area contributed by atoms with Gasteiger partial charge in [-0.15, -0.1) is 0 Å². The van der Waals surface area contributed by atoms with Crippen LogP contribution in [0.3, 0.4) is 0 Å².